The summed E-state index contributed by atoms with van der Waals surface area (Å²) in [7, 11) is 0. The molecule has 1 amide bonds. The van der Waals surface area contributed by atoms with Crippen LogP contribution in [0, 0.1) is 0 Å². The van der Waals surface area contributed by atoms with Gasteiger partial charge in [0.25, 0.3) is 5.97 Å². The number of H-pyrrole nitrogens is 1. The molecule has 65 heavy (non-hydrogen) atoms. The second-order valence-corrected chi connectivity index (χ2v) is 18.4. The van der Waals surface area contributed by atoms with Crippen LogP contribution in [0.5, 0.6) is 0 Å². The summed E-state index contributed by atoms with van der Waals surface area (Å²) in [6, 6.07) is 47.4. The van der Waals surface area contributed by atoms with Crippen molar-refractivity contribution in [2.75, 3.05) is 11.1 Å². The molecule has 0 spiro atoms. The Morgan fingerprint density at radius 2 is 0.969 bits per heavy atom. The van der Waals surface area contributed by atoms with Crippen molar-refractivity contribution in [2.24, 2.45) is 0 Å². The molecule has 9 nitrogen and oxygen atoms in total. The van der Waals surface area contributed by atoms with E-state index in [1.54, 1.807) is 0 Å². The number of para-hydroxylation sites is 4. The number of aromatic nitrogens is 2. The zero-order chi connectivity index (χ0) is 46.0. The molecule has 0 unspecified atom stereocenters. The highest BCUT2D eigenvalue weighted by Crippen LogP contribution is 2.44. The number of carboxylic acids is 2. The lowest BCUT2D eigenvalue weighted by Crippen LogP contribution is -2.34. The number of benzene rings is 5. The highest BCUT2D eigenvalue weighted by atomic mass is 16.4. The maximum absolute atomic E-state index is 12.6. The third kappa shape index (κ3) is 13.6. The maximum Gasteiger partial charge on any atom is 0.304 e. The number of fused-ring (bicyclic) bond motifs is 1. The molecule has 0 atom stereocenters. The first kappa shape index (κ1) is 48.2. The van der Waals surface area contributed by atoms with Gasteiger partial charge in [-0.25, -0.2) is 4.98 Å². The zero-order valence-corrected chi connectivity index (χ0v) is 38.2. The lowest BCUT2D eigenvalue weighted by atomic mass is 9.67. The van der Waals surface area contributed by atoms with Crippen molar-refractivity contribution in [1.82, 2.24) is 9.97 Å². The fraction of sp³-hybridized carbons (Fsp3) is 0.393. The van der Waals surface area contributed by atoms with E-state index in [0.717, 1.165) is 68.7 Å². The number of imidazole rings is 1. The van der Waals surface area contributed by atoms with E-state index in [9.17, 15) is 9.59 Å². The zero-order valence-electron chi connectivity index (χ0n) is 38.2. The summed E-state index contributed by atoms with van der Waals surface area (Å²) < 4.78 is 0. The number of anilines is 2. The Balaban J connectivity index is 0.000000179. The van der Waals surface area contributed by atoms with E-state index in [2.05, 4.69) is 101 Å². The van der Waals surface area contributed by atoms with Gasteiger partial charge in [0.05, 0.1) is 28.8 Å². The van der Waals surface area contributed by atoms with Gasteiger partial charge in [0, 0.05) is 37.4 Å². The van der Waals surface area contributed by atoms with Gasteiger partial charge < -0.3 is 26.2 Å². The molecule has 6 N–H and O–H groups in total. The Kier molecular flexibility index (Phi) is 17.5. The van der Waals surface area contributed by atoms with Gasteiger partial charge in [-0.05, 0) is 79.5 Å². The minimum absolute atomic E-state index is 0. The predicted octanol–water partition coefficient (Wildman–Crippen LogP) is 13.2. The number of nitrogens with two attached hydrogens (primary N) is 1. The fourth-order valence-electron chi connectivity index (χ4n) is 10.6. The first-order valence-electron chi connectivity index (χ1n) is 23.7. The predicted molar refractivity (Wildman–Crippen MR) is 265 cm³/mol. The average molecular weight is 880 g/mol. The summed E-state index contributed by atoms with van der Waals surface area (Å²) in [6.45, 7) is 1.08. The Bertz CT molecular complexity index is 2350. The van der Waals surface area contributed by atoms with E-state index in [-0.39, 0.29) is 30.0 Å². The summed E-state index contributed by atoms with van der Waals surface area (Å²) >= 11 is 0. The number of carboxylic acid groups (broad SMARTS) is 2. The molecule has 3 fully saturated rings. The molecule has 5 aromatic carbocycles. The molecule has 0 saturated heterocycles. The minimum atomic E-state index is -0.833. The van der Waals surface area contributed by atoms with Gasteiger partial charge in [-0.1, -0.05) is 173 Å². The SMILES string of the molecule is CC(=O)O.Nc1ccccc1NC(=O)CC1(c2ccccc2)CCCCC1.O=C(O)CC1(c2ccccc2)CCCCC1.[2HH].c1ccc(C2(Cc3nc4ccccc4[nH]3)CCCCC2)cc1. The molecule has 6 aromatic rings. The number of hydrogen-bond donors (Lipinski definition) is 5. The molecule has 3 aliphatic carbocycles. The summed E-state index contributed by atoms with van der Waals surface area (Å²) in [5.41, 5.74) is 13.6. The van der Waals surface area contributed by atoms with Crippen LogP contribution in [0.15, 0.2) is 140 Å². The van der Waals surface area contributed by atoms with Crippen molar-refractivity contribution in [3.8, 4) is 0 Å². The van der Waals surface area contributed by atoms with Crippen molar-refractivity contribution in [3.63, 3.8) is 0 Å². The number of aliphatic carboxylic acids is 2. The van der Waals surface area contributed by atoms with Gasteiger partial charge in [0.1, 0.15) is 5.82 Å². The van der Waals surface area contributed by atoms with Crippen LogP contribution in [0.4, 0.5) is 11.4 Å². The number of amides is 1. The molecular formula is C56H70N4O5. The quantitative estimate of drug-likeness (QED) is 0.0857. The first-order chi connectivity index (χ1) is 31.5. The van der Waals surface area contributed by atoms with E-state index >= 15 is 0 Å². The number of rotatable bonds is 10. The Morgan fingerprint density at radius 3 is 1.43 bits per heavy atom. The van der Waals surface area contributed by atoms with Gasteiger partial charge in [-0.3, -0.25) is 14.4 Å². The molecule has 3 saturated carbocycles. The van der Waals surface area contributed by atoms with E-state index in [1.165, 1.54) is 74.5 Å². The fourth-order valence-corrected chi connectivity index (χ4v) is 10.6. The van der Waals surface area contributed by atoms with E-state index < -0.39 is 11.9 Å². The molecule has 9 rings (SSSR count). The van der Waals surface area contributed by atoms with Crippen molar-refractivity contribution in [3.05, 3.63) is 162 Å². The van der Waals surface area contributed by atoms with Gasteiger partial charge in [-0.15, -0.1) is 0 Å². The molecule has 1 aromatic heterocycles. The molecule has 9 heteroatoms. The highest BCUT2D eigenvalue weighted by molar-refractivity contribution is 5.94. The normalized spacial score (nSPS) is 17.0. The minimum Gasteiger partial charge on any atom is -0.481 e. The van der Waals surface area contributed by atoms with E-state index in [0.29, 0.717) is 17.8 Å². The molecular weight excluding hydrogens is 809 g/mol. The summed E-state index contributed by atoms with van der Waals surface area (Å²) in [6.07, 6.45) is 19.8. The molecule has 0 aliphatic heterocycles. The van der Waals surface area contributed by atoms with Crippen LogP contribution in [-0.4, -0.2) is 38.0 Å². The van der Waals surface area contributed by atoms with Crippen molar-refractivity contribution in [2.45, 2.75) is 139 Å². The van der Waals surface area contributed by atoms with E-state index in [4.69, 9.17) is 25.7 Å². The molecule has 0 radical (unpaired) electrons. The smallest absolute Gasteiger partial charge is 0.304 e. The highest BCUT2D eigenvalue weighted by Gasteiger charge is 2.38. The van der Waals surface area contributed by atoms with Crippen LogP contribution >= 0.6 is 0 Å². The van der Waals surface area contributed by atoms with Gasteiger partial charge in [0.2, 0.25) is 5.91 Å². The van der Waals surface area contributed by atoms with Crippen LogP contribution in [-0.2, 0) is 37.0 Å². The molecule has 3 aliphatic rings. The monoisotopic (exact) mass is 880 g/mol. The second-order valence-electron chi connectivity index (χ2n) is 18.4. The van der Waals surface area contributed by atoms with Gasteiger partial charge >= 0.3 is 5.97 Å². The maximum atomic E-state index is 12.6. The van der Waals surface area contributed by atoms with Crippen LogP contribution < -0.4 is 11.1 Å². The Hall–Kier alpha value is -6.22. The molecule has 344 valence electrons. The van der Waals surface area contributed by atoms with Crippen molar-refractivity contribution >= 4 is 40.3 Å². The Labute approximate surface area is 386 Å². The van der Waals surface area contributed by atoms with Crippen LogP contribution in [0.25, 0.3) is 11.0 Å². The van der Waals surface area contributed by atoms with E-state index in [1.807, 2.05) is 48.5 Å². The first-order valence-corrected chi connectivity index (χ1v) is 23.7. The summed E-state index contributed by atoms with van der Waals surface area (Å²) in [5.74, 6) is -0.327. The van der Waals surface area contributed by atoms with Gasteiger partial charge in [-0.2, -0.15) is 0 Å². The lowest BCUT2D eigenvalue weighted by Gasteiger charge is -2.37. The lowest BCUT2D eigenvalue weighted by molar-refractivity contribution is -0.139. The van der Waals surface area contributed by atoms with Gasteiger partial charge in [0.15, 0.2) is 0 Å². The largest absolute Gasteiger partial charge is 0.481 e. The van der Waals surface area contributed by atoms with Crippen molar-refractivity contribution in [1.29, 1.82) is 0 Å². The number of nitrogen functional groups attached to an aromatic ring is 1. The van der Waals surface area contributed by atoms with Crippen LogP contribution in [0.1, 0.15) is 140 Å². The van der Waals surface area contributed by atoms with Crippen molar-refractivity contribution < 1.29 is 26.0 Å². The summed E-state index contributed by atoms with van der Waals surface area (Å²) in [4.78, 5) is 41.0. The number of nitrogens with zero attached hydrogens (tertiary/aromatic N) is 1. The number of aromatic amines is 1. The number of carbonyl (C=O) groups excluding carboxylic acids is 1. The second kappa shape index (κ2) is 23.6. The molecule has 0 bridgehead atoms. The van der Waals surface area contributed by atoms with Crippen LogP contribution in [0.3, 0.4) is 0 Å². The number of nitrogens with one attached hydrogen (secondary N) is 2. The summed E-state index contributed by atoms with van der Waals surface area (Å²) in [5, 5.41) is 19.5. The third-order valence-corrected chi connectivity index (χ3v) is 13.8. The Morgan fingerprint density at radius 1 is 0.569 bits per heavy atom. The standard InChI is InChI=1S/C20H24N2O.C20H22N2.C14H18O2.C2H4O2.H2/c21-17-11-5-6-12-18(17)22-19(23)15-20(13-7-2-8-14-20)16-9-3-1-4-10-16;1-3-9-16(10-4-1)20(13-7-2-8-14-20)15-19-21-17-11-5-6-12-18(17)22-19;15-13(16)11-14(9-5-2-6-10-14)12-7-3-1-4-8-12;1-2(3)4;/h1,3-6,9-12H,2,7-8,13-15,21H2,(H,22,23);1,3-6,9-12H,2,7-8,13-15H2,(H,21,22);1,3-4,7-8H,2,5-6,9-11H2,(H,15,16);1H3,(H,3,4);1H/i;;;;1+1. The number of carbonyl (C=O) groups is 3. The third-order valence-electron chi connectivity index (χ3n) is 13.8. The van der Waals surface area contributed by atoms with Crippen LogP contribution in [0.2, 0.25) is 0 Å². The number of hydrogen-bond acceptors (Lipinski definition) is 5. The molecule has 1 heterocycles. The average Bonchev–Trinajstić information content (AvgIpc) is 3.74. The topological polar surface area (TPSA) is 158 Å².